The van der Waals surface area contributed by atoms with Gasteiger partial charge >= 0.3 is 0 Å². The third-order valence-corrected chi connectivity index (χ3v) is 0. The minimum Gasteiger partial charge on any atom is -0.333 e. The van der Waals surface area contributed by atoms with Gasteiger partial charge in [-0.05, 0) is 12.5 Å². The first-order chi connectivity index (χ1) is 4.00. The van der Waals surface area contributed by atoms with Gasteiger partial charge in [-0.1, -0.05) is 41.5 Å². The SMILES string of the molecule is CC.CC(C)(C)C.CN. The van der Waals surface area contributed by atoms with Crippen molar-refractivity contribution in [3.05, 3.63) is 0 Å². The van der Waals surface area contributed by atoms with Gasteiger partial charge in [0.05, 0.1) is 0 Å². The molecular formula is C8H23N. The van der Waals surface area contributed by atoms with Gasteiger partial charge in [0, 0.05) is 0 Å². The van der Waals surface area contributed by atoms with Crippen molar-refractivity contribution in [2.75, 3.05) is 7.05 Å². The predicted octanol–water partition coefficient (Wildman–Crippen LogP) is 2.65. The lowest BCUT2D eigenvalue weighted by Crippen LogP contribution is -1.93. The van der Waals surface area contributed by atoms with Crippen molar-refractivity contribution in [1.82, 2.24) is 0 Å². The van der Waals surface area contributed by atoms with Crippen molar-refractivity contribution in [2.24, 2.45) is 11.1 Å². The highest BCUT2D eigenvalue weighted by atomic mass is 14.4. The maximum absolute atomic E-state index is 4.50. The zero-order valence-corrected chi connectivity index (χ0v) is 8.08. The van der Waals surface area contributed by atoms with Gasteiger partial charge in [-0.3, -0.25) is 0 Å². The van der Waals surface area contributed by atoms with Gasteiger partial charge in [0.2, 0.25) is 0 Å². The molecule has 0 aliphatic rings. The molecule has 1 nitrogen and oxygen atoms in total. The largest absolute Gasteiger partial charge is 0.333 e. The Bertz CT molecular complexity index is 20.0. The van der Waals surface area contributed by atoms with Crippen LogP contribution in [0, 0.1) is 5.41 Å². The normalized spacial score (nSPS) is 8.00. The molecule has 0 aliphatic carbocycles. The first-order valence-corrected chi connectivity index (χ1v) is 3.58. The molecule has 0 aliphatic heterocycles. The minimum atomic E-state index is 0.500. The van der Waals surface area contributed by atoms with Gasteiger partial charge in [0.1, 0.15) is 0 Å². The van der Waals surface area contributed by atoms with E-state index in [2.05, 4.69) is 33.4 Å². The molecule has 60 valence electrons. The van der Waals surface area contributed by atoms with Crippen molar-refractivity contribution in [2.45, 2.75) is 41.5 Å². The van der Waals surface area contributed by atoms with Gasteiger partial charge in [-0.25, -0.2) is 0 Å². The summed E-state index contributed by atoms with van der Waals surface area (Å²) in [6, 6.07) is 0. The predicted molar refractivity (Wildman–Crippen MR) is 46.6 cm³/mol. The van der Waals surface area contributed by atoms with Crippen LogP contribution in [0.1, 0.15) is 41.5 Å². The van der Waals surface area contributed by atoms with E-state index in [0.29, 0.717) is 5.41 Å². The molecule has 2 N–H and O–H groups in total. The summed E-state index contributed by atoms with van der Waals surface area (Å²) in [7, 11) is 1.50. The van der Waals surface area contributed by atoms with Crippen LogP contribution >= 0.6 is 0 Å². The van der Waals surface area contributed by atoms with Crippen LogP contribution in [0.5, 0.6) is 0 Å². The minimum absolute atomic E-state index is 0.500. The Balaban J connectivity index is -0.0000000771. The summed E-state index contributed by atoms with van der Waals surface area (Å²) < 4.78 is 0. The standard InChI is InChI=1S/C5H12.C2H6.CH5N/c1-5(2,3)4;2*1-2/h1-4H3;1-2H3;2H2,1H3. The summed E-state index contributed by atoms with van der Waals surface area (Å²) >= 11 is 0. The molecule has 0 radical (unpaired) electrons. The maximum atomic E-state index is 4.50. The van der Waals surface area contributed by atoms with Crippen LogP contribution in [-0.4, -0.2) is 7.05 Å². The van der Waals surface area contributed by atoms with Crippen LogP contribution in [0.4, 0.5) is 0 Å². The summed E-state index contributed by atoms with van der Waals surface area (Å²) in [6.07, 6.45) is 0. The smallest absolute Gasteiger partial charge is 0.0195 e. The molecule has 0 spiro atoms. The van der Waals surface area contributed by atoms with Gasteiger partial charge < -0.3 is 5.73 Å². The molecular weight excluding hydrogens is 110 g/mol. The molecule has 0 aromatic rings. The van der Waals surface area contributed by atoms with Crippen LogP contribution in [0.25, 0.3) is 0 Å². The van der Waals surface area contributed by atoms with E-state index >= 15 is 0 Å². The van der Waals surface area contributed by atoms with E-state index in [4.69, 9.17) is 0 Å². The van der Waals surface area contributed by atoms with Crippen LogP contribution < -0.4 is 5.73 Å². The molecule has 0 heterocycles. The van der Waals surface area contributed by atoms with E-state index < -0.39 is 0 Å². The zero-order valence-electron chi connectivity index (χ0n) is 8.08. The Labute approximate surface area is 60.6 Å². The average molecular weight is 133 g/mol. The fourth-order valence-corrected chi connectivity index (χ4v) is 0. The second-order valence-electron chi connectivity index (χ2n) is 3.00. The van der Waals surface area contributed by atoms with Crippen molar-refractivity contribution in [3.63, 3.8) is 0 Å². The first kappa shape index (κ1) is 16.0. The number of hydrogen-bond donors (Lipinski definition) is 1. The molecule has 1 heteroatoms. The highest BCUT2D eigenvalue weighted by molar-refractivity contribution is 4.47. The van der Waals surface area contributed by atoms with Crippen LogP contribution in [0.15, 0.2) is 0 Å². The van der Waals surface area contributed by atoms with Gasteiger partial charge in [-0.15, -0.1) is 0 Å². The zero-order chi connectivity index (χ0) is 8.50. The average Bonchev–Trinajstić information content (AvgIpc) is 1.72. The highest BCUT2D eigenvalue weighted by Gasteiger charge is 1.95. The van der Waals surface area contributed by atoms with Gasteiger partial charge in [-0.2, -0.15) is 0 Å². The lowest BCUT2D eigenvalue weighted by atomic mass is 10.0. The summed E-state index contributed by atoms with van der Waals surface area (Å²) in [5.74, 6) is 0. The summed E-state index contributed by atoms with van der Waals surface area (Å²) in [4.78, 5) is 0. The summed E-state index contributed by atoms with van der Waals surface area (Å²) in [5.41, 5.74) is 5.00. The molecule has 0 saturated carbocycles. The van der Waals surface area contributed by atoms with Crippen LogP contribution in [0.3, 0.4) is 0 Å². The summed E-state index contributed by atoms with van der Waals surface area (Å²) in [5, 5.41) is 0. The summed E-state index contributed by atoms with van der Waals surface area (Å²) in [6.45, 7) is 12.8. The molecule has 0 unspecified atom stereocenters. The van der Waals surface area contributed by atoms with Crippen molar-refractivity contribution in [1.29, 1.82) is 0 Å². The molecule has 0 amide bonds. The lowest BCUT2D eigenvalue weighted by molar-refractivity contribution is 0.469. The molecule has 0 bridgehead atoms. The highest BCUT2D eigenvalue weighted by Crippen LogP contribution is 2.07. The second-order valence-corrected chi connectivity index (χ2v) is 3.00. The van der Waals surface area contributed by atoms with Crippen molar-refractivity contribution < 1.29 is 0 Å². The number of rotatable bonds is 0. The molecule has 0 aromatic heterocycles. The first-order valence-electron chi connectivity index (χ1n) is 3.58. The molecule has 0 fully saturated rings. The molecule has 9 heavy (non-hydrogen) atoms. The third-order valence-electron chi connectivity index (χ3n) is 0. The number of hydrogen-bond acceptors (Lipinski definition) is 1. The van der Waals surface area contributed by atoms with E-state index in [1.807, 2.05) is 13.8 Å². The Morgan fingerprint density at radius 1 is 0.778 bits per heavy atom. The quantitative estimate of drug-likeness (QED) is 0.540. The van der Waals surface area contributed by atoms with E-state index in [1.54, 1.807) is 0 Å². The fourth-order valence-electron chi connectivity index (χ4n) is 0. The second kappa shape index (κ2) is 10.9. The molecule has 0 atom stereocenters. The third kappa shape index (κ3) is 177000. The van der Waals surface area contributed by atoms with E-state index in [0.717, 1.165) is 0 Å². The van der Waals surface area contributed by atoms with Gasteiger partial charge in [0.15, 0.2) is 0 Å². The lowest BCUT2D eigenvalue weighted by Gasteiger charge is -2.05. The fraction of sp³-hybridized carbons (Fsp3) is 1.00. The van der Waals surface area contributed by atoms with Crippen LogP contribution in [-0.2, 0) is 0 Å². The molecule has 0 saturated heterocycles. The Morgan fingerprint density at radius 2 is 0.778 bits per heavy atom. The topological polar surface area (TPSA) is 26.0 Å². The van der Waals surface area contributed by atoms with Crippen molar-refractivity contribution >= 4 is 0 Å². The molecule has 0 aromatic carbocycles. The van der Waals surface area contributed by atoms with E-state index in [9.17, 15) is 0 Å². The monoisotopic (exact) mass is 133 g/mol. The Morgan fingerprint density at radius 3 is 0.778 bits per heavy atom. The van der Waals surface area contributed by atoms with E-state index in [-0.39, 0.29) is 0 Å². The maximum Gasteiger partial charge on any atom is -0.0195 e. The Kier molecular flexibility index (Phi) is 19.3. The number of nitrogens with two attached hydrogens (primary N) is 1. The van der Waals surface area contributed by atoms with Crippen molar-refractivity contribution in [3.8, 4) is 0 Å². The molecule has 0 rings (SSSR count). The van der Waals surface area contributed by atoms with E-state index in [1.165, 1.54) is 7.05 Å². The Hall–Kier alpha value is -0.0400. The van der Waals surface area contributed by atoms with Gasteiger partial charge in [0.25, 0.3) is 0 Å². The van der Waals surface area contributed by atoms with Crippen LogP contribution in [0.2, 0.25) is 0 Å².